The number of aliphatic hydroxyl groups is 1. The second-order valence-electron chi connectivity index (χ2n) is 5.01. The first-order valence-corrected chi connectivity index (χ1v) is 6.85. The van der Waals surface area contributed by atoms with E-state index < -0.39 is 6.10 Å². The molecule has 1 fully saturated rings. The van der Waals surface area contributed by atoms with Crippen molar-refractivity contribution in [3.05, 3.63) is 23.8 Å². The van der Waals surface area contributed by atoms with E-state index in [0.29, 0.717) is 11.8 Å². The molecule has 0 amide bonds. The molecule has 106 valence electrons. The summed E-state index contributed by atoms with van der Waals surface area (Å²) in [4.78, 5) is 0. The van der Waals surface area contributed by atoms with Crippen LogP contribution < -0.4 is 14.8 Å². The molecule has 4 heteroatoms. The van der Waals surface area contributed by atoms with E-state index in [4.69, 9.17) is 9.47 Å². The van der Waals surface area contributed by atoms with Crippen molar-refractivity contribution < 1.29 is 14.6 Å². The van der Waals surface area contributed by atoms with Gasteiger partial charge in [0.25, 0.3) is 0 Å². The van der Waals surface area contributed by atoms with Crippen LogP contribution in [0.3, 0.4) is 0 Å². The van der Waals surface area contributed by atoms with Gasteiger partial charge in [-0.15, -0.1) is 0 Å². The van der Waals surface area contributed by atoms with E-state index in [2.05, 4.69) is 12.2 Å². The van der Waals surface area contributed by atoms with Crippen LogP contribution in [0.5, 0.6) is 11.5 Å². The topological polar surface area (TPSA) is 50.7 Å². The number of aliphatic hydroxyl groups excluding tert-OH is 1. The Bertz CT molecular complexity index is 418. The smallest absolute Gasteiger partial charge is 0.128 e. The minimum absolute atomic E-state index is 0.0646. The lowest BCUT2D eigenvalue weighted by atomic mass is 9.99. The Balaban J connectivity index is 2.17. The number of ether oxygens (including phenoxy) is 2. The van der Waals surface area contributed by atoms with Crippen molar-refractivity contribution in [2.45, 2.75) is 44.4 Å². The molecule has 0 aliphatic heterocycles. The van der Waals surface area contributed by atoms with Crippen LogP contribution in [0, 0.1) is 0 Å². The maximum absolute atomic E-state index is 10.5. The first kappa shape index (κ1) is 14.2. The fourth-order valence-electron chi connectivity index (χ4n) is 2.26. The predicted molar refractivity (Wildman–Crippen MR) is 74.7 cm³/mol. The van der Waals surface area contributed by atoms with Crippen molar-refractivity contribution in [3.63, 3.8) is 0 Å². The molecule has 1 aromatic carbocycles. The normalized spacial score (nSPS) is 17.9. The number of nitrogens with one attached hydrogen (secondary N) is 1. The van der Waals surface area contributed by atoms with Crippen LogP contribution in [0.1, 0.15) is 37.9 Å². The Morgan fingerprint density at radius 2 is 2.05 bits per heavy atom. The third kappa shape index (κ3) is 3.39. The number of hydrogen-bond donors (Lipinski definition) is 2. The van der Waals surface area contributed by atoms with Gasteiger partial charge in [0.2, 0.25) is 0 Å². The molecule has 1 aromatic rings. The average molecular weight is 265 g/mol. The zero-order valence-electron chi connectivity index (χ0n) is 11.8. The second-order valence-corrected chi connectivity index (χ2v) is 5.01. The highest BCUT2D eigenvalue weighted by atomic mass is 16.5. The summed E-state index contributed by atoms with van der Waals surface area (Å²) in [6.45, 7) is 2.08. The monoisotopic (exact) mass is 265 g/mol. The molecule has 2 unspecified atom stereocenters. The third-order valence-corrected chi connectivity index (χ3v) is 3.61. The quantitative estimate of drug-likeness (QED) is 0.794. The van der Waals surface area contributed by atoms with E-state index >= 15 is 0 Å². The zero-order valence-corrected chi connectivity index (χ0v) is 11.8. The summed E-state index contributed by atoms with van der Waals surface area (Å²) in [7, 11) is 3.23. The van der Waals surface area contributed by atoms with Crippen molar-refractivity contribution in [2.24, 2.45) is 0 Å². The molecule has 2 rings (SSSR count). The van der Waals surface area contributed by atoms with Gasteiger partial charge in [-0.05, 0) is 31.4 Å². The van der Waals surface area contributed by atoms with Gasteiger partial charge in [-0.1, -0.05) is 6.92 Å². The Labute approximate surface area is 114 Å². The Morgan fingerprint density at radius 3 is 2.58 bits per heavy atom. The SMILES string of the molecule is CCC(NC1CC1)C(O)c1ccc(OC)cc1OC. The standard InChI is InChI=1S/C15H23NO3/c1-4-13(16-10-5-6-10)15(17)12-8-7-11(18-2)9-14(12)19-3/h7-10,13,15-17H,4-6H2,1-3H3. The first-order valence-electron chi connectivity index (χ1n) is 6.85. The average Bonchev–Trinajstić information content (AvgIpc) is 3.27. The van der Waals surface area contributed by atoms with Crippen LogP contribution in [0.2, 0.25) is 0 Å². The van der Waals surface area contributed by atoms with Crippen LogP contribution in [-0.4, -0.2) is 31.4 Å². The molecule has 0 aromatic heterocycles. The van der Waals surface area contributed by atoms with Crippen LogP contribution in [0.25, 0.3) is 0 Å². The van der Waals surface area contributed by atoms with E-state index in [0.717, 1.165) is 17.7 Å². The Kier molecular flexibility index (Phi) is 4.66. The van der Waals surface area contributed by atoms with Crippen molar-refractivity contribution >= 4 is 0 Å². The van der Waals surface area contributed by atoms with Crippen molar-refractivity contribution in [2.75, 3.05) is 14.2 Å². The van der Waals surface area contributed by atoms with E-state index in [9.17, 15) is 5.11 Å². The molecule has 0 saturated heterocycles. The molecule has 0 spiro atoms. The molecule has 1 saturated carbocycles. The fourth-order valence-corrected chi connectivity index (χ4v) is 2.26. The number of hydrogen-bond acceptors (Lipinski definition) is 4. The lowest BCUT2D eigenvalue weighted by molar-refractivity contribution is 0.122. The van der Waals surface area contributed by atoms with Gasteiger partial charge >= 0.3 is 0 Å². The zero-order chi connectivity index (χ0) is 13.8. The minimum atomic E-state index is -0.563. The molecule has 0 bridgehead atoms. The molecular weight excluding hydrogens is 242 g/mol. The lowest BCUT2D eigenvalue weighted by Gasteiger charge is -2.25. The molecule has 1 aliphatic rings. The number of methoxy groups -OCH3 is 2. The van der Waals surface area contributed by atoms with Crippen LogP contribution in [0.15, 0.2) is 18.2 Å². The summed E-state index contributed by atoms with van der Waals surface area (Å²) < 4.78 is 10.5. The highest BCUT2D eigenvalue weighted by molar-refractivity contribution is 5.42. The van der Waals surface area contributed by atoms with Gasteiger partial charge in [0.1, 0.15) is 11.5 Å². The van der Waals surface area contributed by atoms with Crippen LogP contribution in [0.4, 0.5) is 0 Å². The molecule has 0 heterocycles. The molecule has 0 radical (unpaired) electrons. The molecule has 2 N–H and O–H groups in total. The second kappa shape index (κ2) is 6.26. The summed E-state index contributed by atoms with van der Waals surface area (Å²) in [5, 5.41) is 14.0. The summed E-state index contributed by atoms with van der Waals surface area (Å²) in [6, 6.07) is 6.17. The maximum Gasteiger partial charge on any atom is 0.128 e. The summed E-state index contributed by atoms with van der Waals surface area (Å²) in [5.41, 5.74) is 0.809. The fraction of sp³-hybridized carbons (Fsp3) is 0.600. The van der Waals surface area contributed by atoms with Gasteiger partial charge in [-0.3, -0.25) is 0 Å². The first-order chi connectivity index (χ1) is 9.19. The Hall–Kier alpha value is -1.26. The highest BCUT2D eigenvalue weighted by Gasteiger charge is 2.29. The maximum atomic E-state index is 10.5. The predicted octanol–water partition coefficient (Wildman–Crippen LogP) is 2.27. The highest BCUT2D eigenvalue weighted by Crippen LogP contribution is 2.33. The van der Waals surface area contributed by atoms with Crippen LogP contribution in [-0.2, 0) is 0 Å². The lowest BCUT2D eigenvalue weighted by Crippen LogP contribution is -2.36. The minimum Gasteiger partial charge on any atom is -0.497 e. The van der Waals surface area contributed by atoms with Crippen molar-refractivity contribution in [3.8, 4) is 11.5 Å². The summed E-state index contributed by atoms with van der Waals surface area (Å²) >= 11 is 0. The van der Waals surface area contributed by atoms with E-state index in [1.807, 2.05) is 18.2 Å². The molecular formula is C15H23NO3. The van der Waals surface area contributed by atoms with Crippen LogP contribution >= 0.6 is 0 Å². The summed E-state index contributed by atoms with van der Waals surface area (Å²) in [5.74, 6) is 1.40. The molecule has 1 aliphatic carbocycles. The van der Waals surface area contributed by atoms with E-state index in [1.165, 1.54) is 12.8 Å². The van der Waals surface area contributed by atoms with Gasteiger partial charge in [-0.2, -0.15) is 0 Å². The summed E-state index contributed by atoms with van der Waals surface area (Å²) in [6.07, 6.45) is 2.74. The van der Waals surface area contributed by atoms with Gasteiger partial charge in [0.15, 0.2) is 0 Å². The molecule has 2 atom stereocenters. The molecule has 4 nitrogen and oxygen atoms in total. The van der Waals surface area contributed by atoms with Crippen molar-refractivity contribution in [1.82, 2.24) is 5.32 Å². The van der Waals surface area contributed by atoms with Gasteiger partial charge in [-0.25, -0.2) is 0 Å². The van der Waals surface area contributed by atoms with E-state index in [-0.39, 0.29) is 6.04 Å². The largest absolute Gasteiger partial charge is 0.497 e. The van der Waals surface area contributed by atoms with Gasteiger partial charge < -0.3 is 19.9 Å². The molecule has 19 heavy (non-hydrogen) atoms. The van der Waals surface area contributed by atoms with Gasteiger partial charge in [0.05, 0.1) is 20.3 Å². The number of benzene rings is 1. The number of rotatable bonds is 7. The van der Waals surface area contributed by atoms with Crippen molar-refractivity contribution in [1.29, 1.82) is 0 Å². The Morgan fingerprint density at radius 1 is 1.32 bits per heavy atom. The van der Waals surface area contributed by atoms with Gasteiger partial charge in [0, 0.05) is 23.7 Å². The third-order valence-electron chi connectivity index (χ3n) is 3.61. The van der Waals surface area contributed by atoms with E-state index in [1.54, 1.807) is 14.2 Å².